The van der Waals surface area contributed by atoms with Crippen LogP contribution in [0.1, 0.15) is 28.4 Å². The minimum Gasteiger partial charge on any atom is -0.319 e. The highest BCUT2D eigenvalue weighted by Gasteiger charge is 2.17. The quantitative estimate of drug-likeness (QED) is 0.887. The van der Waals surface area contributed by atoms with Gasteiger partial charge in [0.2, 0.25) is 0 Å². The van der Waals surface area contributed by atoms with Crippen molar-refractivity contribution >= 4 is 0 Å². The predicted octanol–water partition coefficient (Wildman–Crippen LogP) is 3.02. The van der Waals surface area contributed by atoms with Gasteiger partial charge in [-0.1, -0.05) is 6.07 Å². The summed E-state index contributed by atoms with van der Waals surface area (Å²) in [5.74, 6) is -1.03. The first-order valence-electron chi connectivity index (χ1n) is 5.62. The lowest BCUT2D eigenvalue weighted by Gasteiger charge is -2.15. The van der Waals surface area contributed by atoms with Gasteiger partial charge in [-0.05, 0) is 43.2 Å². The molecule has 1 aromatic carbocycles. The maximum atomic E-state index is 13.6. The zero-order valence-electron chi connectivity index (χ0n) is 10.2. The molecule has 0 radical (unpaired) electrons. The van der Waals surface area contributed by atoms with E-state index in [-0.39, 0.29) is 5.56 Å². The summed E-state index contributed by atoms with van der Waals surface area (Å²) in [6.45, 7) is 3.77. The molecule has 0 amide bonds. The van der Waals surface area contributed by atoms with E-state index >= 15 is 0 Å². The third-order valence-electron chi connectivity index (χ3n) is 2.84. The molecule has 0 aliphatic carbocycles. The first-order chi connectivity index (χ1) is 8.49. The normalized spacial score (nSPS) is 12.5. The van der Waals surface area contributed by atoms with Gasteiger partial charge >= 0.3 is 0 Å². The summed E-state index contributed by atoms with van der Waals surface area (Å²) >= 11 is 0. The van der Waals surface area contributed by atoms with Crippen molar-refractivity contribution in [3.63, 3.8) is 0 Å². The number of halogens is 2. The number of nitrogens with two attached hydrogens (primary N) is 1. The Hall–Kier alpha value is -1.81. The number of hydrogen-bond acceptors (Lipinski definition) is 2. The molecule has 2 nitrogen and oxygen atoms in total. The van der Waals surface area contributed by atoms with Gasteiger partial charge in [-0.3, -0.25) is 4.98 Å². The van der Waals surface area contributed by atoms with Gasteiger partial charge in [0.1, 0.15) is 11.6 Å². The minimum atomic E-state index is -0.763. The summed E-state index contributed by atoms with van der Waals surface area (Å²) in [6, 6.07) is 4.41. The fourth-order valence-corrected chi connectivity index (χ4v) is 1.95. The fourth-order valence-electron chi connectivity index (χ4n) is 1.95. The van der Waals surface area contributed by atoms with Gasteiger partial charge < -0.3 is 5.73 Å². The number of benzene rings is 1. The predicted molar refractivity (Wildman–Crippen MR) is 66.1 cm³/mol. The monoisotopic (exact) mass is 248 g/mol. The van der Waals surface area contributed by atoms with Crippen molar-refractivity contribution < 1.29 is 8.78 Å². The smallest absolute Gasteiger partial charge is 0.128 e. The lowest BCUT2D eigenvalue weighted by Crippen LogP contribution is -2.17. The van der Waals surface area contributed by atoms with Crippen LogP contribution in [0.4, 0.5) is 8.78 Å². The Morgan fingerprint density at radius 3 is 2.56 bits per heavy atom. The first-order valence-corrected chi connectivity index (χ1v) is 5.62. The van der Waals surface area contributed by atoms with Crippen LogP contribution in [0.2, 0.25) is 0 Å². The van der Waals surface area contributed by atoms with Crippen molar-refractivity contribution in [3.8, 4) is 0 Å². The average molecular weight is 248 g/mol. The molecule has 18 heavy (non-hydrogen) atoms. The molecule has 94 valence electrons. The molecule has 0 fully saturated rings. The molecule has 0 saturated carbocycles. The Morgan fingerprint density at radius 2 is 1.89 bits per heavy atom. The highest BCUT2D eigenvalue weighted by Crippen LogP contribution is 2.24. The number of aromatic nitrogens is 1. The zero-order chi connectivity index (χ0) is 13.3. The Kier molecular flexibility index (Phi) is 3.39. The third-order valence-corrected chi connectivity index (χ3v) is 2.84. The van der Waals surface area contributed by atoms with Crippen LogP contribution in [0.3, 0.4) is 0 Å². The molecule has 0 saturated heterocycles. The molecule has 4 heteroatoms. The summed E-state index contributed by atoms with van der Waals surface area (Å²) in [5.41, 5.74) is 8.52. The molecular formula is C14H14F2N2. The van der Waals surface area contributed by atoms with Crippen molar-refractivity contribution in [1.29, 1.82) is 0 Å². The molecule has 2 N–H and O–H groups in total. The highest BCUT2D eigenvalue weighted by molar-refractivity contribution is 5.34. The molecule has 1 aromatic heterocycles. The van der Waals surface area contributed by atoms with Crippen LogP contribution in [-0.2, 0) is 0 Å². The topological polar surface area (TPSA) is 38.9 Å². The van der Waals surface area contributed by atoms with Gasteiger partial charge in [-0.2, -0.15) is 0 Å². The standard InChI is InChI=1S/C14H14F2N2/c1-8-5-9(2)14(18-7-8)13(17)11-6-10(15)3-4-12(11)16/h3-7,13H,17H2,1-2H3. The van der Waals surface area contributed by atoms with E-state index in [1.54, 1.807) is 6.20 Å². The minimum absolute atomic E-state index is 0.120. The molecule has 0 aliphatic heterocycles. The molecule has 1 heterocycles. The first kappa shape index (κ1) is 12.6. The van der Waals surface area contributed by atoms with Crippen molar-refractivity contribution in [3.05, 3.63) is 64.5 Å². The van der Waals surface area contributed by atoms with E-state index in [2.05, 4.69) is 4.98 Å². The van der Waals surface area contributed by atoms with Crippen LogP contribution in [0.15, 0.2) is 30.5 Å². The van der Waals surface area contributed by atoms with E-state index in [0.29, 0.717) is 5.69 Å². The SMILES string of the molecule is Cc1cnc(C(N)c2cc(F)ccc2F)c(C)c1. The van der Waals surface area contributed by atoms with E-state index < -0.39 is 17.7 Å². The van der Waals surface area contributed by atoms with Crippen molar-refractivity contribution in [2.24, 2.45) is 5.73 Å². The summed E-state index contributed by atoms with van der Waals surface area (Å²) in [4.78, 5) is 4.21. The van der Waals surface area contributed by atoms with Gasteiger partial charge in [-0.15, -0.1) is 0 Å². The van der Waals surface area contributed by atoms with E-state index in [4.69, 9.17) is 5.73 Å². The summed E-state index contributed by atoms with van der Waals surface area (Å²) in [5, 5.41) is 0. The second-order valence-electron chi connectivity index (χ2n) is 4.36. The highest BCUT2D eigenvalue weighted by atomic mass is 19.1. The van der Waals surface area contributed by atoms with Crippen LogP contribution in [-0.4, -0.2) is 4.98 Å². The van der Waals surface area contributed by atoms with Gasteiger partial charge in [0.15, 0.2) is 0 Å². The number of hydrogen-bond donors (Lipinski definition) is 1. The second kappa shape index (κ2) is 4.82. The molecule has 0 aliphatic rings. The van der Waals surface area contributed by atoms with Crippen LogP contribution in [0.25, 0.3) is 0 Å². The van der Waals surface area contributed by atoms with Crippen LogP contribution in [0.5, 0.6) is 0 Å². The molecule has 1 unspecified atom stereocenters. The van der Waals surface area contributed by atoms with E-state index in [0.717, 1.165) is 29.3 Å². The van der Waals surface area contributed by atoms with E-state index in [1.807, 2.05) is 19.9 Å². The second-order valence-corrected chi connectivity index (χ2v) is 4.36. The van der Waals surface area contributed by atoms with Crippen LogP contribution < -0.4 is 5.73 Å². The van der Waals surface area contributed by atoms with Crippen molar-refractivity contribution in [2.75, 3.05) is 0 Å². The third kappa shape index (κ3) is 2.38. The van der Waals surface area contributed by atoms with E-state index in [1.165, 1.54) is 0 Å². The van der Waals surface area contributed by atoms with E-state index in [9.17, 15) is 8.78 Å². The zero-order valence-corrected chi connectivity index (χ0v) is 10.2. The molecule has 1 atom stereocenters. The molecule has 0 spiro atoms. The molecule has 2 aromatic rings. The molecule has 2 rings (SSSR count). The Labute approximate surface area is 104 Å². The van der Waals surface area contributed by atoms with Gasteiger partial charge in [0, 0.05) is 11.8 Å². The number of nitrogens with zero attached hydrogens (tertiary/aromatic N) is 1. The lowest BCUT2D eigenvalue weighted by molar-refractivity contribution is 0.574. The maximum Gasteiger partial charge on any atom is 0.128 e. The number of pyridine rings is 1. The van der Waals surface area contributed by atoms with Crippen molar-refractivity contribution in [1.82, 2.24) is 4.98 Å². The largest absolute Gasteiger partial charge is 0.319 e. The number of rotatable bonds is 2. The maximum absolute atomic E-state index is 13.6. The average Bonchev–Trinajstić information content (AvgIpc) is 2.31. The van der Waals surface area contributed by atoms with Gasteiger partial charge in [0.05, 0.1) is 11.7 Å². The van der Waals surface area contributed by atoms with Crippen molar-refractivity contribution in [2.45, 2.75) is 19.9 Å². The Bertz CT molecular complexity index is 582. The fraction of sp³-hybridized carbons (Fsp3) is 0.214. The molecule has 0 bridgehead atoms. The summed E-state index contributed by atoms with van der Waals surface area (Å²) < 4.78 is 26.8. The number of aryl methyl sites for hydroxylation is 2. The molecular weight excluding hydrogens is 234 g/mol. The Morgan fingerprint density at radius 1 is 1.17 bits per heavy atom. The lowest BCUT2D eigenvalue weighted by atomic mass is 9.99. The van der Waals surface area contributed by atoms with Crippen LogP contribution in [0, 0.1) is 25.5 Å². The van der Waals surface area contributed by atoms with Gasteiger partial charge in [-0.25, -0.2) is 8.78 Å². The van der Waals surface area contributed by atoms with Gasteiger partial charge in [0.25, 0.3) is 0 Å². The summed E-state index contributed by atoms with van der Waals surface area (Å²) in [6.07, 6.45) is 1.67. The summed E-state index contributed by atoms with van der Waals surface area (Å²) in [7, 11) is 0. The Balaban J connectivity index is 2.47. The van der Waals surface area contributed by atoms with Crippen LogP contribution >= 0.6 is 0 Å².